The molecule has 0 aliphatic carbocycles. The van der Waals surface area contributed by atoms with Crippen LogP contribution in [-0.2, 0) is 17.8 Å². The first-order chi connectivity index (χ1) is 11.8. The number of aromatic nitrogens is 1. The van der Waals surface area contributed by atoms with Gasteiger partial charge in [-0.25, -0.2) is 0 Å². The van der Waals surface area contributed by atoms with E-state index in [0.29, 0.717) is 36.0 Å². The number of carbonyl (C=O) groups excluding carboxylic acids is 1. The lowest BCUT2D eigenvalue weighted by Crippen LogP contribution is -2.13. The summed E-state index contributed by atoms with van der Waals surface area (Å²) in [4.78, 5) is 15.5. The SMILES string of the molecule is COCOc1c(C=O)cc2c(c1OCc1cccnc1)CCCO2. The van der Waals surface area contributed by atoms with E-state index in [-0.39, 0.29) is 6.79 Å². The number of benzene rings is 1. The van der Waals surface area contributed by atoms with Crippen LogP contribution in [0.15, 0.2) is 30.6 Å². The number of aldehydes is 1. The van der Waals surface area contributed by atoms with Gasteiger partial charge in [0.25, 0.3) is 0 Å². The van der Waals surface area contributed by atoms with Gasteiger partial charge >= 0.3 is 0 Å². The van der Waals surface area contributed by atoms with Crippen LogP contribution in [0.5, 0.6) is 17.2 Å². The van der Waals surface area contributed by atoms with Crippen LogP contribution < -0.4 is 14.2 Å². The maximum Gasteiger partial charge on any atom is 0.188 e. The fourth-order valence-corrected chi connectivity index (χ4v) is 2.62. The molecule has 2 aromatic rings. The Balaban J connectivity index is 1.97. The Hall–Kier alpha value is -2.60. The molecule has 6 nitrogen and oxygen atoms in total. The van der Waals surface area contributed by atoms with Gasteiger partial charge in [-0.15, -0.1) is 0 Å². The van der Waals surface area contributed by atoms with Gasteiger partial charge in [-0.1, -0.05) is 6.07 Å². The second kappa shape index (κ2) is 7.79. The van der Waals surface area contributed by atoms with Gasteiger partial charge in [0, 0.05) is 30.6 Å². The zero-order chi connectivity index (χ0) is 16.8. The first-order valence-corrected chi connectivity index (χ1v) is 7.74. The minimum Gasteiger partial charge on any atom is -0.493 e. The Kier molecular flexibility index (Phi) is 5.28. The Morgan fingerprint density at radius 2 is 2.25 bits per heavy atom. The normalized spacial score (nSPS) is 12.9. The van der Waals surface area contributed by atoms with Gasteiger partial charge in [-0.05, 0) is 25.0 Å². The van der Waals surface area contributed by atoms with Crippen LogP contribution >= 0.6 is 0 Å². The van der Waals surface area contributed by atoms with Crippen molar-refractivity contribution in [1.82, 2.24) is 4.98 Å². The van der Waals surface area contributed by atoms with Gasteiger partial charge in [-0.2, -0.15) is 0 Å². The topological polar surface area (TPSA) is 66.9 Å². The summed E-state index contributed by atoms with van der Waals surface area (Å²) < 4.78 is 22.3. The molecule has 1 aromatic heterocycles. The summed E-state index contributed by atoms with van der Waals surface area (Å²) in [6.45, 7) is 0.987. The fourth-order valence-electron chi connectivity index (χ4n) is 2.62. The summed E-state index contributed by atoms with van der Waals surface area (Å²) in [5.41, 5.74) is 2.23. The average Bonchev–Trinajstić information content (AvgIpc) is 2.65. The first kappa shape index (κ1) is 16.3. The predicted octanol–water partition coefficient (Wildman–Crippen LogP) is 2.78. The monoisotopic (exact) mass is 329 g/mol. The minimum absolute atomic E-state index is 0.0315. The van der Waals surface area contributed by atoms with Crippen LogP contribution in [0, 0.1) is 0 Å². The standard InChI is InChI=1S/C18H19NO5/c1-21-12-24-17-14(10-20)8-16-15(5-3-7-22-16)18(17)23-11-13-4-2-6-19-9-13/h2,4,6,8-10H,3,5,7,11-12H2,1H3. The second-order valence-electron chi connectivity index (χ2n) is 5.37. The molecule has 0 spiro atoms. The van der Waals surface area contributed by atoms with E-state index in [2.05, 4.69) is 4.98 Å². The number of methoxy groups -OCH3 is 1. The van der Waals surface area contributed by atoms with Gasteiger partial charge in [0.2, 0.25) is 0 Å². The molecule has 0 fully saturated rings. The Bertz CT molecular complexity index is 702. The summed E-state index contributed by atoms with van der Waals surface area (Å²) in [6.07, 6.45) is 5.88. The van der Waals surface area contributed by atoms with Crippen molar-refractivity contribution in [3.63, 3.8) is 0 Å². The molecule has 0 saturated heterocycles. The third kappa shape index (κ3) is 3.49. The first-order valence-electron chi connectivity index (χ1n) is 7.74. The number of hydrogen-bond donors (Lipinski definition) is 0. The summed E-state index contributed by atoms with van der Waals surface area (Å²) in [7, 11) is 1.53. The highest BCUT2D eigenvalue weighted by Crippen LogP contribution is 2.43. The number of pyridine rings is 1. The Labute approximate surface area is 140 Å². The molecule has 24 heavy (non-hydrogen) atoms. The molecule has 1 aromatic carbocycles. The Morgan fingerprint density at radius 3 is 3.00 bits per heavy atom. The van der Waals surface area contributed by atoms with Gasteiger partial charge in [-0.3, -0.25) is 9.78 Å². The maximum atomic E-state index is 11.5. The van der Waals surface area contributed by atoms with Crippen molar-refractivity contribution in [3.05, 3.63) is 47.3 Å². The lowest BCUT2D eigenvalue weighted by Gasteiger charge is -2.23. The molecule has 1 aliphatic rings. The van der Waals surface area contributed by atoms with Crippen molar-refractivity contribution in [2.24, 2.45) is 0 Å². The zero-order valence-electron chi connectivity index (χ0n) is 13.5. The minimum atomic E-state index is 0.0315. The van der Waals surface area contributed by atoms with E-state index in [0.717, 1.165) is 30.3 Å². The molecule has 0 atom stereocenters. The maximum absolute atomic E-state index is 11.5. The highest BCUT2D eigenvalue weighted by atomic mass is 16.7. The van der Waals surface area contributed by atoms with E-state index in [1.54, 1.807) is 18.5 Å². The van der Waals surface area contributed by atoms with Crippen LogP contribution in [0.3, 0.4) is 0 Å². The van der Waals surface area contributed by atoms with Crippen molar-refractivity contribution in [2.75, 3.05) is 20.5 Å². The molecule has 0 N–H and O–H groups in total. The third-order valence-electron chi connectivity index (χ3n) is 3.71. The van der Waals surface area contributed by atoms with Gasteiger partial charge in [0.05, 0.1) is 12.2 Å². The highest BCUT2D eigenvalue weighted by molar-refractivity contribution is 5.83. The van der Waals surface area contributed by atoms with Crippen LogP contribution in [0.25, 0.3) is 0 Å². The smallest absolute Gasteiger partial charge is 0.188 e. The molecular weight excluding hydrogens is 310 g/mol. The van der Waals surface area contributed by atoms with E-state index >= 15 is 0 Å². The van der Waals surface area contributed by atoms with Crippen molar-refractivity contribution in [3.8, 4) is 17.2 Å². The van der Waals surface area contributed by atoms with Gasteiger partial charge in [0.1, 0.15) is 12.4 Å². The number of hydrogen-bond acceptors (Lipinski definition) is 6. The van der Waals surface area contributed by atoms with E-state index in [1.165, 1.54) is 7.11 Å². The van der Waals surface area contributed by atoms with Crippen molar-refractivity contribution >= 4 is 6.29 Å². The molecule has 126 valence electrons. The molecule has 0 radical (unpaired) electrons. The van der Waals surface area contributed by atoms with Gasteiger partial charge in [0.15, 0.2) is 24.6 Å². The summed E-state index contributed by atoms with van der Waals surface area (Å²) in [5.74, 6) is 1.60. The average molecular weight is 329 g/mol. The highest BCUT2D eigenvalue weighted by Gasteiger charge is 2.24. The molecule has 3 rings (SSSR count). The molecular formula is C18H19NO5. The van der Waals surface area contributed by atoms with E-state index in [4.69, 9.17) is 18.9 Å². The molecule has 0 unspecified atom stereocenters. The largest absolute Gasteiger partial charge is 0.493 e. The predicted molar refractivity (Wildman–Crippen MR) is 86.7 cm³/mol. The summed E-state index contributed by atoms with van der Waals surface area (Å²) >= 11 is 0. The van der Waals surface area contributed by atoms with Crippen LogP contribution in [-0.4, -0.2) is 31.8 Å². The van der Waals surface area contributed by atoms with Gasteiger partial charge < -0.3 is 18.9 Å². The number of carbonyl (C=O) groups is 1. The second-order valence-corrected chi connectivity index (χ2v) is 5.37. The number of ether oxygens (including phenoxy) is 4. The Morgan fingerprint density at radius 1 is 1.33 bits per heavy atom. The van der Waals surface area contributed by atoms with Crippen molar-refractivity contribution < 1.29 is 23.7 Å². The van der Waals surface area contributed by atoms with Crippen molar-refractivity contribution in [1.29, 1.82) is 0 Å². The fraction of sp³-hybridized carbons (Fsp3) is 0.333. The van der Waals surface area contributed by atoms with Crippen LogP contribution in [0.2, 0.25) is 0 Å². The molecule has 2 heterocycles. The summed E-state index contributed by atoms with van der Waals surface area (Å²) in [6, 6.07) is 5.47. The molecule has 0 amide bonds. The number of nitrogens with zero attached hydrogens (tertiary/aromatic N) is 1. The molecule has 0 bridgehead atoms. The van der Waals surface area contributed by atoms with Crippen LogP contribution in [0.1, 0.15) is 27.9 Å². The summed E-state index contributed by atoms with van der Waals surface area (Å²) in [5, 5.41) is 0. The third-order valence-corrected chi connectivity index (χ3v) is 3.71. The zero-order valence-corrected chi connectivity index (χ0v) is 13.5. The lowest BCUT2D eigenvalue weighted by molar-refractivity contribution is 0.0474. The lowest BCUT2D eigenvalue weighted by atomic mass is 10.0. The molecule has 6 heteroatoms. The van der Waals surface area contributed by atoms with Crippen LogP contribution in [0.4, 0.5) is 0 Å². The van der Waals surface area contributed by atoms with Crippen molar-refractivity contribution in [2.45, 2.75) is 19.4 Å². The van der Waals surface area contributed by atoms with E-state index in [9.17, 15) is 4.79 Å². The molecule has 1 aliphatic heterocycles. The number of fused-ring (bicyclic) bond motifs is 1. The molecule has 0 saturated carbocycles. The number of rotatable bonds is 7. The van der Waals surface area contributed by atoms with E-state index < -0.39 is 0 Å². The quantitative estimate of drug-likeness (QED) is 0.575. The van der Waals surface area contributed by atoms with E-state index in [1.807, 2.05) is 12.1 Å².